The smallest absolute Gasteiger partial charge is 0.127 e. The van der Waals surface area contributed by atoms with Crippen molar-refractivity contribution in [1.29, 1.82) is 0 Å². The van der Waals surface area contributed by atoms with Gasteiger partial charge in [-0.15, -0.1) is 0 Å². The molecule has 0 aliphatic carbocycles. The molecule has 1 aromatic rings. The molecule has 1 aromatic carbocycles. The predicted molar refractivity (Wildman–Crippen MR) is 77.2 cm³/mol. The summed E-state index contributed by atoms with van der Waals surface area (Å²) in [7, 11) is 0. The van der Waals surface area contributed by atoms with Crippen molar-refractivity contribution in [3.63, 3.8) is 0 Å². The molecule has 1 aliphatic rings. The van der Waals surface area contributed by atoms with Crippen LogP contribution in [-0.4, -0.2) is 18.0 Å². The SMILES string of the molecule is CCC1(CC)CCN(Cc2ccc(F)c(CN)c2)C1. The van der Waals surface area contributed by atoms with Gasteiger partial charge in [-0.1, -0.05) is 26.0 Å². The molecule has 0 amide bonds. The number of likely N-dealkylation sites (tertiary alicyclic amines) is 1. The number of rotatable bonds is 5. The van der Waals surface area contributed by atoms with E-state index in [4.69, 9.17) is 5.73 Å². The lowest BCUT2D eigenvalue weighted by molar-refractivity contribution is 0.236. The Hall–Kier alpha value is -0.930. The number of hydrogen-bond acceptors (Lipinski definition) is 2. The number of nitrogens with two attached hydrogens (primary N) is 1. The lowest BCUT2D eigenvalue weighted by atomic mass is 9.82. The average Bonchev–Trinajstić information content (AvgIpc) is 2.85. The molecular weight excluding hydrogens is 239 g/mol. The normalized spacial score (nSPS) is 18.9. The molecule has 2 N–H and O–H groups in total. The zero-order chi connectivity index (χ0) is 13.9. The first-order valence-corrected chi connectivity index (χ1v) is 7.32. The molecule has 3 heteroatoms. The summed E-state index contributed by atoms with van der Waals surface area (Å²) < 4.78 is 13.4. The van der Waals surface area contributed by atoms with Gasteiger partial charge in [-0.2, -0.15) is 0 Å². The van der Waals surface area contributed by atoms with E-state index < -0.39 is 0 Å². The first kappa shape index (κ1) is 14.5. The van der Waals surface area contributed by atoms with Crippen LogP contribution < -0.4 is 5.73 Å². The minimum atomic E-state index is -0.191. The Labute approximate surface area is 115 Å². The number of hydrogen-bond donors (Lipinski definition) is 1. The topological polar surface area (TPSA) is 29.3 Å². The van der Waals surface area contributed by atoms with Gasteiger partial charge < -0.3 is 5.73 Å². The lowest BCUT2D eigenvalue weighted by Crippen LogP contribution is -2.26. The molecule has 0 spiro atoms. The molecule has 19 heavy (non-hydrogen) atoms. The van der Waals surface area contributed by atoms with Gasteiger partial charge in [0.2, 0.25) is 0 Å². The first-order chi connectivity index (χ1) is 9.12. The molecule has 0 aromatic heterocycles. The molecule has 1 fully saturated rings. The van der Waals surface area contributed by atoms with E-state index in [9.17, 15) is 4.39 Å². The van der Waals surface area contributed by atoms with E-state index >= 15 is 0 Å². The highest BCUT2D eigenvalue weighted by molar-refractivity contribution is 5.25. The largest absolute Gasteiger partial charge is 0.326 e. The van der Waals surface area contributed by atoms with Gasteiger partial charge in [-0.3, -0.25) is 4.90 Å². The van der Waals surface area contributed by atoms with E-state index in [-0.39, 0.29) is 12.4 Å². The summed E-state index contributed by atoms with van der Waals surface area (Å²) in [5.74, 6) is -0.191. The van der Waals surface area contributed by atoms with Crippen LogP contribution in [0.1, 0.15) is 44.2 Å². The second kappa shape index (κ2) is 6.02. The monoisotopic (exact) mass is 264 g/mol. The van der Waals surface area contributed by atoms with Crippen molar-refractivity contribution in [2.45, 2.75) is 46.2 Å². The third kappa shape index (κ3) is 3.15. The molecule has 106 valence electrons. The summed E-state index contributed by atoms with van der Waals surface area (Å²) in [6.45, 7) is 8.07. The Bertz CT molecular complexity index is 427. The highest BCUT2D eigenvalue weighted by Gasteiger charge is 2.34. The maximum Gasteiger partial charge on any atom is 0.127 e. The van der Waals surface area contributed by atoms with E-state index in [1.165, 1.54) is 24.8 Å². The minimum absolute atomic E-state index is 0.191. The standard InChI is InChI=1S/C16H25FN2/c1-3-16(4-2)7-8-19(12-16)11-13-5-6-15(17)14(9-13)10-18/h5-6,9H,3-4,7-8,10-12,18H2,1-2H3. The lowest BCUT2D eigenvalue weighted by Gasteiger charge is -2.26. The second-order valence-corrected chi connectivity index (χ2v) is 5.80. The Morgan fingerprint density at radius 1 is 1.32 bits per heavy atom. The van der Waals surface area contributed by atoms with Gasteiger partial charge in [-0.25, -0.2) is 4.39 Å². The van der Waals surface area contributed by atoms with Crippen molar-refractivity contribution in [3.8, 4) is 0 Å². The third-order valence-electron chi connectivity index (χ3n) is 4.75. The van der Waals surface area contributed by atoms with Crippen LogP contribution in [-0.2, 0) is 13.1 Å². The van der Waals surface area contributed by atoms with Crippen LogP contribution in [0, 0.1) is 11.2 Å². The molecule has 2 nitrogen and oxygen atoms in total. The van der Waals surface area contributed by atoms with Crippen LogP contribution in [0.5, 0.6) is 0 Å². The summed E-state index contributed by atoms with van der Waals surface area (Å²) in [4.78, 5) is 2.49. The Morgan fingerprint density at radius 3 is 2.63 bits per heavy atom. The number of halogens is 1. The summed E-state index contributed by atoms with van der Waals surface area (Å²) in [6.07, 6.45) is 3.78. The fraction of sp³-hybridized carbons (Fsp3) is 0.625. The molecule has 0 bridgehead atoms. The Morgan fingerprint density at radius 2 is 2.05 bits per heavy atom. The van der Waals surface area contributed by atoms with Gasteiger partial charge >= 0.3 is 0 Å². The van der Waals surface area contributed by atoms with E-state index in [1.54, 1.807) is 6.07 Å². The molecular formula is C16H25FN2. The highest BCUT2D eigenvalue weighted by Crippen LogP contribution is 2.37. The van der Waals surface area contributed by atoms with Crippen LogP contribution in [0.3, 0.4) is 0 Å². The fourth-order valence-electron chi connectivity index (χ4n) is 3.13. The highest BCUT2D eigenvalue weighted by atomic mass is 19.1. The van der Waals surface area contributed by atoms with Crippen molar-refractivity contribution >= 4 is 0 Å². The summed E-state index contributed by atoms with van der Waals surface area (Å²) in [6, 6.07) is 5.33. The summed E-state index contributed by atoms with van der Waals surface area (Å²) >= 11 is 0. The summed E-state index contributed by atoms with van der Waals surface area (Å²) in [5, 5.41) is 0. The first-order valence-electron chi connectivity index (χ1n) is 7.32. The number of benzene rings is 1. The van der Waals surface area contributed by atoms with Crippen molar-refractivity contribution in [2.75, 3.05) is 13.1 Å². The molecule has 0 unspecified atom stereocenters. The van der Waals surface area contributed by atoms with Gasteiger partial charge in [0.1, 0.15) is 5.82 Å². The molecule has 0 saturated carbocycles. The Kier molecular flexibility index (Phi) is 4.58. The second-order valence-electron chi connectivity index (χ2n) is 5.80. The average molecular weight is 264 g/mol. The molecule has 0 radical (unpaired) electrons. The molecule has 2 rings (SSSR count). The zero-order valence-corrected chi connectivity index (χ0v) is 12.1. The maximum atomic E-state index is 13.4. The van der Waals surface area contributed by atoms with Gasteiger partial charge in [0.25, 0.3) is 0 Å². The molecule has 0 atom stereocenters. The Balaban J connectivity index is 2.03. The van der Waals surface area contributed by atoms with Gasteiger partial charge in [-0.05, 0) is 42.9 Å². The van der Waals surface area contributed by atoms with Crippen molar-refractivity contribution in [3.05, 3.63) is 35.1 Å². The van der Waals surface area contributed by atoms with E-state index in [0.29, 0.717) is 11.0 Å². The van der Waals surface area contributed by atoms with Crippen molar-refractivity contribution in [1.82, 2.24) is 4.90 Å². The fourth-order valence-corrected chi connectivity index (χ4v) is 3.13. The van der Waals surface area contributed by atoms with Crippen LogP contribution in [0.4, 0.5) is 4.39 Å². The third-order valence-corrected chi connectivity index (χ3v) is 4.75. The van der Waals surface area contributed by atoms with Gasteiger partial charge in [0.05, 0.1) is 0 Å². The van der Waals surface area contributed by atoms with Gasteiger partial charge in [0, 0.05) is 25.2 Å². The van der Waals surface area contributed by atoms with E-state index in [0.717, 1.165) is 19.6 Å². The van der Waals surface area contributed by atoms with E-state index in [1.807, 2.05) is 12.1 Å². The van der Waals surface area contributed by atoms with E-state index in [2.05, 4.69) is 18.7 Å². The van der Waals surface area contributed by atoms with Gasteiger partial charge in [0.15, 0.2) is 0 Å². The maximum absolute atomic E-state index is 13.4. The van der Waals surface area contributed by atoms with Crippen LogP contribution in [0.25, 0.3) is 0 Å². The van der Waals surface area contributed by atoms with Crippen LogP contribution in [0.15, 0.2) is 18.2 Å². The molecule has 1 aliphatic heterocycles. The van der Waals surface area contributed by atoms with Crippen molar-refractivity contribution in [2.24, 2.45) is 11.1 Å². The zero-order valence-electron chi connectivity index (χ0n) is 12.1. The predicted octanol–water partition coefficient (Wildman–Crippen LogP) is 3.30. The summed E-state index contributed by atoms with van der Waals surface area (Å²) in [5.41, 5.74) is 7.85. The molecule has 1 heterocycles. The molecule has 1 saturated heterocycles. The van der Waals surface area contributed by atoms with Crippen LogP contribution in [0.2, 0.25) is 0 Å². The quantitative estimate of drug-likeness (QED) is 0.884. The number of nitrogens with zero attached hydrogens (tertiary/aromatic N) is 1. The van der Waals surface area contributed by atoms with Crippen molar-refractivity contribution < 1.29 is 4.39 Å². The van der Waals surface area contributed by atoms with Crippen LogP contribution >= 0.6 is 0 Å². The minimum Gasteiger partial charge on any atom is -0.326 e.